The number of amides is 1. The maximum atomic E-state index is 12.7. The monoisotopic (exact) mass is 502 g/mol. The molecule has 4 rings (SSSR count). The molecule has 0 aliphatic carbocycles. The van der Waals surface area contributed by atoms with Crippen LogP contribution < -0.4 is 10.2 Å². The number of hydrazone groups is 1. The molecule has 4 aromatic rings. The van der Waals surface area contributed by atoms with Gasteiger partial charge in [-0.2, -0.15) is 10.2 Å². The zero-order valence-electron chi connectivity index (χ0n) is 18.1. The van der Waals surface area contributed by atoms with Crippen molar-refractivity contribution in [2.45, 2.75) is 19.4 Å². The molecule has 3 aromatic carbocycles. The van der Waals surface area contributed by atoms with Gasteiger partial charge in [0.15, 0.2) is 6.10 Å². The normalized spacial score (nSPS) is 11.9. The lowest BCUT2D eigenvalue weighted by Crippen LogP contribution is -2.35. The minimum atomic E-state index is -0.655. The van der Waals surface area contributed by atoms with E-state index in [2.05, 4.69) is 26.5 Å². The third kappa shape index (κ3) is 5.75. The highest BCUT2D eigenvalue weighted by Gasteiger charge is 2.18. The number of hydrogen-bond donors (Lipinski definition) is 1. The van der Waals surface area contributed by atoms with Crippen LogP contribution in [0.2, 0.25) is 0 Å². The van der Waals surface area contributed by atoms with Crippen molar-refractivity contribution in [1.82, 2.24) is 15.2 Å². The van der Waals surface area contributed by atoms with Crippen LogP contribution in [0.25, 0.3) is 16.9 Å². The number of para-hydroxylation sites is 1. The van der Waals surface area contributed by atoms with Crippen molar-refractivity contribution < 1.29 is 9.53 Å². The van der Waals surface area contributed by atoms with Crippen LogP contribution in [0, 0.1) is 0 Å². The largest absolute Gasteiger partial charge is 0.481 e. The summed E-state index contributed by atoms with van der Waals surface area (Å²) in [5.41, 5.74) is 6.06. The molecule has 1 N–H and O–H groups in total. The Morgan fingerprint density at radius 2 is 1.82 bits per heavy atom. The van der Waals surface area contributed by atoms with Gasteiger partial charge in [-0.25, -0.2) is 10.1 Å². The minimum Gasteiger partial charge on any atom is -0.481 e. The summed E-state index contributed by atoms with van der Waals surface area (Å²) in [4.78, 5) is 12.7. The predicted octanol–water partition coefficient (Wildman–Crippen LogP) is 5.61. The van der Waals surface area contributed by atoms with Crippen LogP contribution in [0.15, 0.2) is 101 Å². The van der Waals surface area contributed by atoms with E-state index in [0.29, 0.717) is 12.2 Å². The molecule has 1 heterocycles. The lowest BCUT2D eigenvalue weighted by molar-refractivity contribution is -0.128. The molecule has 0 saturated heterocycles. The van der Waals surface area contributed by atoms with Gasteiger partial charge in [-0.05, 0) is 36.8 Å². The fourth-order valence-electron chi connectivity index (χ4n) is 3.28. The number of hydrogen-bond acceptors (Lipinski definition) is 4. The van der Waals surface area contributed by atoms with E-state index in [0.717, 1.165) is 27.0 Å². The Bertz CT molecular complexity index is 1240. The lowest BCUT2D eigenvalue weighted by Gasteiger charge is -2.15. The number of nitrogens with one attached hydrogen (secondary N) is 1. The van der Waals surface area contributed by atoms with E-state index in [4.69, 9.17) is 9.84 Å². The van der Waals surface area contributed by atoms with E-state index in [9.17, 15) is 4.79 Å². The van der Waals surface area contributed by atoms with Gasteiger partial charge in [-0.1, -0.05) is 77.5 Å². The van der Waals surface area contributed by atoms with Gasteiger partial charge in [-0.3, -0.25) is 4.79 Å². The minimum absolute atomic E-state index is 0.314. The lowest BCUT2D eigenvalue weighted by atomic mass is 10.1. The second-order valence-electron chi connectivity index (χ2n) is 7.29. The Balaban J connectivity index is 1.53. The number of aromatic nitrogens is 2. The standard InChI is InChI=1S/C26H23BrN4O2/c1-2-24(33-23-15-9-12-21(27)16-23)26(32)29-28-17-20-18-31(22-13-7-4-8-14-22)30-25(20)19-10-5-3-6-11-19/h3-18,24H,2H2,1H3,(H,29,32). The number of carbonyl (C=O) groups is 1. The fourth-order valence-corrected chi connectivity index (χ4v) is 3.66. The third-order valence-corrected chi connectivity index (χ3v) is 5.42. The topological polar surface area (TPSA) is 68.5 Å². The number of ether oxygens (including phenoxy) is 1. The summed E-state index contributed by atoms with van der Waals surface area (Å²) in [6, 6.07) is 27.1. The molecule has 0 spiro atoms. The Morgan fingerprint density at radius 1 is 1.09 bits per heavy atom. The van der Waals surface area contributed by atoms with Gasteiger partial charge in [0.05, 0.1) is 11.9 Å². The Hall–Kier alpha value is -3.71. The van der Waals surface area contributed by atoms with Crippen LogP contribution in [0.1, 0.15) is 18.9 Å². The van der Waals surface area contributed by atoms with Gasteiger partial charge in [-0.15, -0.1) is 0 Å². The van der Waals surface area contributed by atoms with E-state index in [1.54, 1.807) is 10.9 Å². The van der Waals surface area contributed by atoms with Crippen molar-refractivity contribution in [1.29, 1.82) is 0 Å². The van der Waals surface area contributed by atoms with E-state index < -0.39 is 6.10 Å². The van der Waals surface area contributed by atoms with Gasteiger partial charge < -0.3 is 4.74 Å². The Labute approximate surface area is 201 Å². The van der Waals surface area contributed by atoms with Crippen LogP contribution >= 0.6 is 15.9 Å². The zero-order chi connectivity index (χ0) is 23.0. The predicted molar refractivity (Wildman–Crippen MR) is 134 cm³/mol. The van der Waals surface area contributed by atoms with Gasteiger partial charge in [0.25, 0.3) is 5.91 Å². The fraction of sp³-hybridized carbons (Fsp3) is 0.115. The van der Waals surface area contributed by atoms with Crippen LogP contribution in [-0.4, -0.2) is 28.0 Å². The second-order valence-corrected chi connectivity index (χ2v) is 8.20. The first kappa shape index (κ1) is 22.5. The van der Waals surface area contributed by atoms with Crippen LogP contribution in [-0.2, 0) is 4.79 Å². The molecule has 1 unspecified atom stereocenters. The first-order valence-electron chi connectivity index (χ1n) is 10.6. The smallest absolute Gasteiger partial charge is 0.281 e. The average molecular weight is 503 g/mol. The highest BCUT2D eigenvalue weighted by Crippen LogP contribution is 2.23. The van der Waals surface area contributed by atoms with Gasteiger partial charge >= 0.3 is 0 Å². The summed E-state index contributed by atoms with van der Waals surface area (Å²) in [6.07, 6.45) is 3.35. The molecule has 0 bridgehead atoms. The molecule has 1 atom stereocenters. The molecule has 0 aliphatic heterocycles. The molecular weight excluding hydrogens is 480 g/mol. The van der Waals surface area contributed by atoms with E-state index in [-0.39, 0.29) is 5.91 Å². The summed E-state index contributed by atoms with van der Waals surface area (Å²) in [6.45, 7) is 1.89. The number of carbonyl (C=O) groups excluding carboxylic acids is 1. The third-order valence-electron chi connectivity index (χ3n) is 4.93. The van der Waals surface area contributed by atoms with E-state index in [1.807, 2.05) is 98.0 Å². The van der Waals surface area contributed by atoms with Crippen molar-refractivity contribution in [2.24, 2.45) is 5.10 Å². The zero-order valence-corrected chi connectivity index (χ0v) is 19.6. The maximum Gasteiger partial charge on any atom is 0.281 e. The molecule has 0 fully saturated rings. The molecule has 1 amide bonds. The van der Waals surface area contributed by atoms with Crippen molar-refractivity contribution in [3.05, 3.63) is 101 Å². The van der Waals surface area contributed by atoms with Gasteiger partial charge in [0.1, 0.15) is 11.4 Å². The first-order valence-corrected chi connectivity index (χ1v) is 11.4. The van der Waals surface area contributed by atoms with Gasteiger partial charge in [0, 0.05) is 21.8 Å². The molecular formula is C26H23BrN4O2. The number of rotatable bonds is 8. The summed E-state index contributed by atoms with van der Waals surface area (Å²) < 4.78 is 8.52. The Morgan fingerprint density at radius 3 is 2.52 bits per heavy atom. The summed E-state index contributed by atoms with van der Waals surface area (Å²) in [5.74, 6) is 0.302. The molecule has 0 radical (unpaired) electrons. The van der Waals surface area contributed by atoms with Crippen molar-refractivity contribution in [3.63, 3.8) is 0 Å². The Kier molecular flexibility index (Phi) is 7.32. The molecule has 166 valence electrons. The second kappa shape index (κ2) is 10.7. The first-order chi connectivity index (χ1) is 16.1. The average Bonchev–Trinajstić information content (AvgIpc) is 3.28. The summed E-state index contributed by atoms with van der Waals surface area (Å²) in [7, 11) is 0. The highest BCUT2D eigenvalue weighted by atomic mass is 79.9. The molecule has 33 heavy (non-hydrogen) atoms. The molecule has 1 aromatic heterocycles. The van der Waals surface area contributed by atoms with Crippen LogP contribution in [0.4, 0.5) is 0 Å². The van der Waals surface area contributed by atoms with Gasteiger partial charge in [0.2, 0.25) is 0 Å². The number of benzene rings is 3. The summed E-state index contributed by atoms with van der Waals surface area (Å²) in [5, 5.41) is 8.94. The quantitative estimate of drug-likeness (QED) is 0.251. The molecule has 0 saturated carbocycles. The molecule has 0 aliphatic rings. The molecule has 6 nitrogen and oxygen atoms in total. The van der Waals surface area contributed by atoms with Crippen LogP contribution in [0.5, 0.6) is 5.75 Å². The maximum absolute atomic E-state index is 12.7. The number of halogens is 1. The number of nitrogens with zero attached hydrogens (tertiary/aromatic N) is 3. The van der Waals surface area contributed by atoms with Crippen molar-refractivity contribution in [3.8, 4) is 22.7 Å². The van der Waals surface area contributed by atoms with E-state index >= 15 is 0 Å². The highest BCUT2D eigenvalue weighted by molar-refractivity contribution is 9.10. The SMILES string of the molecule is CCC(Oc1cccc(Br)c1)C(=O)NN=Cc1cn(-c2ccccc2)nc1-c1ccccc1. The van der Waals surface area contributed by atoms with Crippen molar-refractivity contribution in [2.75, 3.05) is 0 Å². The van der Waals surface area contributed by atoms with Crippen molar-refractivity contribution >= 4 is 28.1 Å². The van der Waals surface area contributed by atoms with Crippen LogP contribution in [0.3, 0.4) is 0 Å². The summed E-state index contributed by atoms with van der Waals surface area (Å²) >= 11 is 3.41. The van der Waals surface area contributed by atoms with E-state index in [1.165, 1.54) is 0 Å². The molecule has 7 heteroatoms.